The van der Waals surface area contributed by atoms with Crippen molar-refractivity contribution in [3.63, 3.8) is 0 Å². The van der Waals surface area contributed by atoms with Gasteiger partial charge in [0, 0.05) is 6.04 Å². The van der Waals surface area contributed by atoms with Crippen LogP contribution in [0.2, 0.25) is 0 Å². The lowest BCUT2D eigenvalue weighted by atomic mass is 9.86. The summed E-state index contributed by atoms with van der Waals surface area (Å²) in [4.78, 5) is 11.9. The summed E-state index contributed by atoms with van der Waals surface area (Å²) in [5.74, 6) is 0.885. The molecule has 2 N–H and O–H groups in total. The molecule has 3 atom stereocenters. The highest BCUT2D eigenvalue weighted by molar-refractivity contribution is 5.82. The van der Waals surface area contributed by atoms with Crippen molar-refractivity contribution in [2.75, 3.05) is 6.54 Å². The molecule has 1 saturated heterocycles. The van der Waals surface area contributed by atoms with Crippen LogP contribution in [0.1, 0.15) is 45.4 Å². The van der Waals surface area contributed by atoms with E-state index in [1.54, 1.807) is 0 Å². The molecule has 3 nitrogen and oxygen atoms in total. The molecule has 86 valence electrons. The molecule has 2 aliphatic rings. The molecular formula is C12H22N2O. The zero-order chi connectivity index (χ0) is 10.7. The van der Waals surface area contributed by atoms with Crippen molar-refractivity contribution >= 4 is 5.91 Å². The van der Waals surface area contributed by atoms with Crippen LogP contribution in [0.4, 0.5) is 0 Å². The van der Waals surface area contributed by atoms with Gasteiger partial charge in [0.2, 0.25) is 5.91 Å². The third kappa shape index (κ3) is 2.71. The normalized spacial score (nSPS) is 36.5. The van der Waals surface area contributed by atoms with Crippen LogP contribution < -0.4 is 10.6 Å². The van der Waals surface area contributed by atoms with Crippen LogP contribution in [0.25, 0.3) is 0 Å². The topological polar surface area (TPSA) is 41.1 Å². The average molecular weight is 210 g/mol. The predicted molar refractivity (Wildman–Crippen MR) is 60.6 cm³/mol. The Morgan fingerprint density at radius 3 is 2.67 bits per heavy atom. The number of hydrogen-bond acceptors (Lipinski definition) is 2. The van der Waals surface area contributed by atoms with Gasteiger partial charge >= 0.3 is 0 Å². The quantitative estimate of drug-likeness (QED) is 0.724. The van der Waals surface area contributed by atoms with E-state index in [0.29, 0.717) is 12.0 Å². The van der Waals surface area contributed by atoms with Gasteiger partial charge in [0.1, 0.15) is 0 Å². The Morgan fingerprint density at radius 2 is 2.00 bits per heavy atom. The van der Waals surface area contributed by atoms with Gasteiger partial charge in [0.05, 0.1) is 6.04 Å². The minimum absolute atomic E-state index is 0.0825. The molecule has 15 heavy (non-hydrogen) atoms. The van der Waals surface area contributed by atoms with Crippen LogP contribution in [0.15, 0.2) is 0 Å². The van der Waals surface area contributed by atoms with E-state index in [-0.39, 0.29) is 11.9 Å². The molecule has 0 radical (unpaired) electrons. The third-order valence-corrected chi connectivity index (χ3v) is 3.82. The second kappa shape index (κ2) is 4.97. The Kier molecular flexibility index (Phi) is 3.62. The van der Waals surface area contributed by atoms with E-state index in [1.807, 2.05) is 0 Å². The number of amides is 1. The number of hydrogen-bond donors (Lipinski definition) is 2. The first kappa shape index (κ1) is 10.9. The largest absolute Gasteiger partial charge is 0.352 e. The lowest BCUT2D eigenvalue weighted by molar-refractivity contribution is -0.124. The van der Waals surface area contributed by atoms with Gasteiger partial charge in [-0.1, -0.05) is 19.8 Å². The zero-order valence-electron chi connectivity index (χ0n) is 9.59. The van der Waals surface area contributed by atoms with Crippen LogP contribution in [-0.4, -0.2) is 24.5 Å². The SMILES string of the molecule is C[C@@H]1CCCC[C@H]1NC(=O)[C@@H]1CCCN1. The second-order valence-electron chi connectivity index (χ2n) is 5.03. The first-order valence-corrected chi connectivity index (χ1v) is 6.31. The Bertz CT molecular complexity index is 224. The molecule has 2 fully saturated rings. The summed E-state index contributed by atoms with van der Waals surface area (Å²) in [5.41, 5.74) is 0. The summed E-state index contributed by atoms with van der Waals surface area (Å²) in [6.07, 6.45) is 7.18. The van der Waals surface area contributed by atoms with Crippen LogP contribution in [0, 0.1) is 5.92 Å². The van der Waals surface area contributed by atoms with E-state index >= 15 is 0 Å². The highest BCUT2D eigenvalue weighted by atomic mass is 16.2. The fraction of sp³-hybridized carbons (Fsp3) is 0.917. The van der Waals surface area contributed by atoms with E-state index in [1.165, 1.54) is 25.7 Å². The standard InChI is InChI=1S/C12H22N2O/c1-9-5-2-3-6-10(9)14-12(15)11-7-4-8-13-11/h9-11,13H,2-8H2,1H3,(H,14,15)/t9-,10-,11+/m1/s1. The minimum atomic E-state index is 0.0825. The van der Waals surface area contributed by atoms with Gasteiger partial charge in [-0.2, -0.15) is 0 Å². The van der Waals surface area contributed by atoms with Gasteiger partial charge in [-0.3, -0.25) is 4.79 Å². The summed E-state index contributed by atoms with van der Waals surface area (Å²) < 4.78 is 0. The number of carbonyl (C=O) groups excluding carboxylic acids is 1. The molecule has 1 amide bonds. The van der Waals surface area contributed by atoms with Crippen LogP contribution in [0.5, 0.6) is 0 Å². The van der Waals surface area contributed by atoms with E-state index < -0.39 is 0 Å². The fourth-order valence-corrected chi connectivity index (χ4v) is 2.72. The molecule has 0 aromatic carbocycles. The molecule has 3 heteroatoms. The maximum absolute atomic E-state index is 11.9. The molecule has 1 aliphatic heterocycles. The first-order valence-electron chi connectivity index (χ1n) is 6.31. The molecule has 0 bridgehead atoms. The Hall–Kier alpha value is -0.570. The highest BCUT2D eigenvalue weighted by Gasteiger charge is 2.27. The van der Waals surface area contributed by atoms with Crippen LogP contribution >= 0.6 is 0 Å². The lowest BCUT2D eigenvalue weighted by Crippen LogP contribution is -2.48. The highest BCUT2D eigenvalue weighted by Crippen LogP contribution is 2.23. The van der Waals surface area contributed by atoms with Crippen LogP contribution in [-0.2, 0) is 4.79 Å². The van der Waals surface area contributed by atoms with Crippen molar-refractivity contribution in [1.82, 2.24) is 10.6 Å². The van der Waals surface area contributed by atoms with Crippen LogP contribution in [0.3, 0.4) is 0 Å². The van der Waals surface area contributed by atoms with Gasteiger partial charge in [-0.15, -0.1) is 0 Å². The summed E-state index contributed by atoms with van der Waals surface area (Å²) in [6.45, 7) is 3.25. The van der Waals surface area contributed by atoms with Gasteiger partial charge in [-0.05, 0) is 38.1 Å². The number of nitrogens with one attached hydrogen (secondary N) is 2. The predicted octanol–water partition coefficient (Wildman–Crippen LogP) is 1.43. The zero-order valence-corrected chi connectivity index (χ0v) is 9.59. The van der Waals surface area contributed by atoms with Crippen molar-refractivity contribution in [3.8, 4) is 0 Å². The van der Waals surface area contributed by atoms with Crippen molar-refractivity contribution in [2.24, 2.45) is 5.92 Å². The Morgan fingerprint density at radius 1 is 1.20 bits per heavy atom. The van der Waals surface area contributed by atoms with Crippen molar-refractivity contribution in [2.45, 2.75) is 57.5 Å². The maximum Gasteiger partial charge on any atom is 0.237 e. The van der Waals surface area contributed by atoms with Gasteiger partial charge < -0.3 is 10.6 Å². The molecule has 1 aliphatic carbocycles. The van der Waals surface area contributed by atoms with E-state index in [0.717, 1.165) is 19.4 Å². The minimum Gasteiger partial charge on any atom is -0.352 e. The van der Waals surface area contributed by atoms with Gasteiger partial charge in [0.15, 0.2) is 0 Å². The Balaban J connectivity index is 1.81. The molecular weight excluding hydrogens is 188 g/mol. The van der Waals surface area contributed by atoms with E-state index in [2.05, 4.69) is 17.6 Å². The number of carbonyl (C=O) groups is 1. The first-order chi connectivity index (χ1) is 7.27. The summed E-state index contributed by atoms with van der Waals surface area (Å²) >= 11 is 0. The molecule has 0 spiro atoms. The molecule has 2 rings (SSSR count). The average Bonchev–Trinajstić information content (AvgIpc) is 2.74. The molecule has 0 aromatic heterocycles. The third-order valence-electron chi connectivity index (χ3n) is 3.82. The van der Waals surface area contributed by atoms with Gasteiger partial charge in [0.25, 0.3) is 0 Å². The van der Waals surface area contributed by atoms with E-state index in [4.69, 9.17) is 0 Å². The van der Waals surface area contributed by atoms with E-state index in [9.17, 15) is 4.79 Å². The van der Waals surface area contributed by atoms with Crippen molar-refractivity contribution in [1.29, 1.82) is 0 Å². The summed E-state index contributed by atoms with van der Waals surface area (Å²) in [5, 5.41) is 6.46. The molecule has 1 heterocycles. The molecule has 0 unspecified atom stereocenters. The maximum atomic E-state index is 11.9. The lowest BCUT2D eigenvalue weighted by Gasteiger charge is -2.30. The fourth-order valence-electron chi connectivity index (χ4n) is 2.72. The van der Waals surface area contributed by atoms with Gasteiger partial charge in [-0.25, -0.2) is 0 Å². The molecule has 0 aromatic rings. The number of rotatable bonds is 2. The van der Waals surface area contributed by atoms with Crippen molar-refractivity contribution < 1.29 is 4.79 Å². The smallest absolute Gasteiger partial charge is 0.237 e. The second-order valence-corrected chi connectivity index (χ2v) is 5.03. The summed E-state index contributed by atoms with van der Waals surface area (Å²) in [6, 6.07) is 0.507. The monoisotopic (exact) mass is 210 g/mol. The Labute approximate surface area is 92.0 Å². The molecule has 1 saturated carbocycles. The summed E-state index contributed by atoms with van der Waals surface area (Å²) in [7, 11) is 0. The van der Waals surface area contributed by atoms with Crippen molar-refractivity contribution in [3.05, 3.63) is 0 Å².